The molecule has 3 rings (SSSR count). The first-order valence-corrected chi connectivity index (χ1v) is 5.54. The molecule has 0 saturated heterocycles. The third kappa shape index (κ3) is 2.08. The predicted octanol–water partition coefficient (Wildman–Crippen LogP) is 2.69. The quantitative estimate of drug-likeness (QED) is 0.746. The Kier molecular flexibility index (Phi) is 2.53. The van der Waals surface area contributed by atoms with E-state index in [-0.39, 0.29) is 5.89 Å². The van der Waals surface area contributed by atoms with Gasteiger partial charge in [-0.15, -0.1) is 5.10 Å². The van der Waals surface area contributed by atoms with Crippen molar-refractivity contribution in [2.45, 2.75) is 0 Å². The minimum atomic E-state index is -0.548. The molecule has 0 amide bonds. The van der Waals surface area contributed by atoms with Crippen molar-refractivity contribution < 1.29 is 4.42 Å². The van der Waals surface area contributed by atoms with Gasteiger partial charge < -0.3 is 4.42 Å². The number of nitrogens with one attached hydrogen (secondary N) is 1. The standard InChI is InChI=1S/C14H10N2O2/c17-14-16-15-13(18-14)8-6-10-5-7-11-3-1-2-4-12(11)9-10/h1-9H,(H,16,17)/b8-6+. The van der Waals surface area contributed by atoms with Crippen molar-refractivity contribution in [3.63, 3.8) is 0 Å². The van der Waals surface area contributed by atoms with Crippen molar-refractivity contribution in [3.05, 3.63) is 64.5 Å². The molecule has 0 aliphatic carbocycles. The number of nitrogens with zero attached hydrogens (tertiary/aromatic N) is 1. The summed E-state index contributed by atoms with van der Waals surface area (Å²) < 4.78 is 4.78. The molecule has 0 aliphatic heterocycles. The normalized spacial score (nSPS) is 11.3. The summed E-state index contributed by atoms with van der Waals surface area (Å²) in [5, 5.41) is 8.28. The van der Waals surface area contributed by atoms with Gasteiger partial charge in [0.15, 0.2) is 0 Å². The van der Waals surface area contributed by atoms with Gasteiger partial charge in [0, 0.05) is 6.08 Å². The van der Waals surface area contributed by atoms with E-state index in [4.69, 9.17) is 4.42 Å². The second-order valence-electron chi connectivity index (χ2n) is 3.89. The highest BCUT2D eigenvalue weighted by atomic mass is 16.4. The Balaban J connectivity index is 1.95. The number of aromatic amines is 1. The molecule has 88 valence electrons. The number of fused-ring (bicyclic) bond motifs is 1. The third-order valence-electron chi connectivity index (χ3n) is 2.65. The number of H-pyrrole nitrogens is 1. The lowest BCUT2D eigenvalue weighted by atomic mass is 10.1. The third-order valence-corrected chi connectivity index (χ3v) is 2.65. The molecule has 0 fully saturated rings. The van der Waals surface area contributed by atoms with Crippen LogP contribution in [0.25, 0.3) is 22.9 Å². The zero-order valence-corrected chi connectivity index (χ0v) is 9.46. The Morgan fingerprint density at radius 2 is 1.89 bits per heavy atom. The largest absolute Gasteiger partial charge is 0.434 e. The SMILES string of the molecule is O=c1[nH]nc(/C=C/c2ccc3ccccc3c2)o1. The summed E-state index contributed by atoms with van der Waals surface area (Å²) in [4.78, 5) is 10.8. The molecule has 18 heavy (non-hydrogen) atoms. The Hall–Kier alpha value is -2.62. The number of hydrogen-bond donors (Lipinski definition) is 1. The van der Waals surface area contributed by atoms with Crippen LogP contribution < -0.4 is 5.76 Å². The summed E-state index contributed by atoms with van der Waals surface area (Å²) in [7, 11) is 0. The van der Waals surface area contributed by atoms with Gasteiger partial charge >= 0.3 is 5.76 Å². The lowest BCUT2D eigenvalue weighted by Crippen LogP contribution is -1.93. The summed E-state index contributed by atoms with van der Waals surface area (Å²) in [5.41, 5.74) is 1.03. The Labute approximate surface area is 103 Å². The molecule has 0 spiro atoms. The van der Waals surface area contributed by atoms with Crippen LogP contribution in [0.15, 0.2) is 51.7 Å². The van der Waals surface area contributed by atoms with Crippen molar-refractivity contribution in [1.82, 2.24) is 10.2 Å². The van der Waals surface area contributed by atoms with Crippen molar-refractivity contribution in [2.24, 2.45) is 0 Å². The summed E-state index contributed by atoms with van der Waals surface area (Å²) in [5.74, 6) is -0.277. The molecule has 0 atom stereocenters. The molecule has 0 bridgehead atoms. The fraction of sp³-hybridized carbons (Fsp3) is 0. The van der Waals surface area contributed by atoms with Gasteiger partial charge in [0.25, 0.3) is 0 Å². The van der Waals surface area contributed by atoms with Crippen molar-refractivity contribution in [3.8, 4) is 0 Å². The van der Waals surface area contributed by atoms with Crippen LogP contribution in [-0.4, -0.2) is 10.2 Å². The van der Waals surface area contributed by atoms with E-state index >= 15 is 0 Å². The Bertz CT molecular complexity index is 768. The van der Waals surface area contributed by atoms with Crippen LogP contribution in [0.4, 0.5) is 0 Å². The highest BCUT2D eigenvalue weighted by molar-refractivity contribution is 5.85. The van der Waals surface area contributed by atoms with Gasteiger partial charge in [-0.2, -0.15) is 0 Å². The molecule has 0 radical (unpaired) electrons. The van der Waals surface area contributed by atoms with Crippen LogP contribution in [0.5, 0.6) is 0 Å². The fourth-order valence-electron chi connectivity index (χ4n) is 1.79. The first kappa shape index (κ1) is 10.5. The summed E-state index contributed by atoms with van der Waals surface area (Å²) in [6.07, 6.45) is 3.51. The summed E-state index contributed by atoms with van der Waals surface area (Å²) in [6, 6.07) is 14.3. The van der Waals surface area contributed by atoms with Crippen molar-refractivity contribution in [1.29, 1.82) is 0 Å². The van der Waals surface area contributed by atoms with E-state index in [0.29, 0.717) is 0 Å². The second-order valence-corrected chi connectivity index (χ2v) is 3.89. The molecule has 0 aliphatic rings. The van der Waals surface area contributed by atoms with Crippen LogP contribution in [-0.2, 0) is 0 Å². The molecule has 4 nitrogen and oxygen atoms in total. The van der Waals surface area contributed by atoms with Crippen molar-refractivity contribution in [2.75, 3.05) is 0 Å². The maximum atomic E-state index is 10.8. The monoisotopic (exact) mass is 238 g/mol. The molecule has 0 unspecified atom stereocenters. The minimum Gasteiger partial charge on any atom is -0.388 e. The maximum Gasteiger partial charge on any atom is 0.434 e. The van der Waals surface area contributed by atoms with Crippen LogP contribution in [0, 0.1) is 0 Å². The smallest absolute Gasteiger partial charge is 0.388 e. The summed E-state index contributed by atoms with van der Waals surface area (Å²) >= 11 is 0. The highest BCUT2D eigenvalue weighted by Crippen LogP contribution is 2.16. The number of aromatic nitrogens is 2. The lowest BCUT2D eigenvalue weighted by Gasteiger charge is -1.98. The van der Waals surface area contributed by atoms with E-state index in [0.717, 1.165) is 5.56 Å². The fourth-order valence-corrected chi connectivity index (χ4v) is 1.79. The van der Waals surface area contributed by atoms with Crippen molar-refractivity contribution >= 4 is 22.9 Å². The van der Waals surface area contributed by atoms with E-state index in [2.05, 4.69) is 34.5 Å². The zero-order valence-electron chi connectivity index (χ0n) is 9.46. The average molecular weight is 238 g/mol. The molecule has 1 heterocycles. The van der Waals surface area contributed by atoms with Crippen LogP contribution >= 0.6 is 0 Å². The molecule has 4 heteroatoms. The molecule has 2 aromatic carbocycles. The first-order valence-electron chi connectivity index (χ1n) is 5.54. The molecule has 3 aromatic rings. The highest BCUT2D eigenvalue weighted by Gasteiger charge is 1.96. The minimum absolute atomic E-state index is 0.271. The van der Waals surface area contributed by atoms with Gasteiger partial charge in [0.2, 0.25) is 5.89 Å². The number of benzene rings is 2. The molecule has 1 N–H and O–H groups in total. The molecular formula is C14H10N2O2. The summed E-state index contributed by atoms with van der Waals surface area (Å²) in [6.45, 7) is 0. The molecular weight excluding hydrogens is 228 g/mol. The van der Waals surface area contributed by atoms with Gasteiger partial charge in [-0.25, -0.2) is 9.89 Å². The van der Waals surface area contributed by atoms with Crippen LogP contribution in [0.2, 0.25) is 0 Å². The predicted molar refractivity (Wildman–Crippen MR) is 70.0 cm³/mol. The second kappa shape index (κ2) is 4.33. The Morgan fingerprint density at radius 1 is 1.06 bits per heavy atom. The van der Waals surface area contributed by atoms with E-state index < -0.39 is 5.76 Å². The average Bonchev–Trinajstić information content (AvgIpc) is 2.82. The van der Waals surface area contributed by atoms with E-state index in [1.807, 2.05) is 24.3 Å². The Morgan fingerprint density at radius 3 is 2.67 bits per heavy atom. The molecule has 1 aromatic heterocycles. The van der Waals surface area contributed by atoms with Crippen LogP contribution in [0.3, 0.4) is 0 Å². The zero-order chi connectivity index (χ0) is 12.4. The maximum absolute atomic E-state index is 10.8. The van der Waals surface area contributed by atoms with Crippen LogP contribution in [0.1, 0.15) is 11.5 Å². The van der Waals surface area contributed by atoms with E-state index in [1.54, 1.807) is 6.08 Å². The van der Waals surface area contributed by atoms with E-state index in [9.17, 15) is 4.79 Å². The van der Waals surface area contributed by atoms with Gasteiger partial charge in [0.05, 0.1) is 0 Å². The number of rotatable bonds is 2. The lowest BCUT2D eigenvalue weighted by molar-refractivity contribution is 0.504. The number of hydrogen-bond acceptors (Lipinski definition) is 3. The van der Waals surface area contributed by atoms with Gasteiger partial charge in [-0.05, 0) is 28.5 Å². The van der Waals surface area contributed by atoms with Gasteiger partial charge in [-0.1, -0.05) is 36.4 Å². The van der Waals surface area contributed by atoms with Gasteiger partial charge in [-0.3, -0.25) is 0 Å². The van der Waals surface area contributed by atoms with Gasteiger partial charge in [0.1, 0.15) is 0 Å². The van der Waals surface area contributed by atoms with E-state index in [1.165, 1.54) is 10.8 Å². The molecule has 0 saturated carbocycles. The topological polar surface area (TPSA) is 58.9 Å². The first-order chi connectivity index (χ1) is 8.81.